The number of carbonyl (C=O) groups is 2. The van der Waals surface area contributed by atoms with Crippen molar-refractivity contribution in [1.29, 1.82) is 0 Å². The summed E-state index contributed by atoms with van der Waals surface area (Å²) in [5.41, 5.74) is 0.990. The molecule has 0 aliphatic heterocycles. The molecule has 0 fully saturated rings. The van der Waals surface area contributed by atoms with Crippen molar-refractivity contribution in [3.8, 4) is 11.5 Å². The Kier molecular flexibility index (Phi) is 7.94. The van der Waals surface area contributed by atoms with Crippen LogP contribution in [-0.4, -0.2) is 37.2 Å². The fraction of sp³-hybridized carbons (Fsp3) is 0.529. The fourth-order valence-corrected chi connectivity index (χ4v) is 2.31. The molecule has 0 heterocycles. The van der Waals surface area contributed by atoms with E-state index in [0.717, 1.165) is 11.3 Å². The van der Waals surface area contributed by atoms with Crippen LogP contribution in [-0.2, 0) is 16.0 Å². The molecule has 23 heavy (non-hydrogen) atoms. The molecule has 0 radical (unpaired) electrons. The van der Waals surface area contributed by atoms with Gasteiger partial charge in [0.05, 0.1) is 14.2 Å². The topological polar surface area (TPSA) is 84.9 Å². The van der Waals surface area contributed by atoms with Crippen LogP contribution in [0.2, 0.25) is 0 Å². The number of hydrogen-bond donors (Lipinski definition) is 2. The molecular weight excluding hydrogens is 298 g/mol. The van der Waals surface area contributed by atoms with Crippen molar-refractivity contribution in [3.05, 3.63) is 23.8 Å². The number of benzene rings is 1. The standard InChI is InChI=1S/C17H25NO5/c1-4-6-14(17(20)21)18-16(19)8-5-7-12-9-10-13(22-2)11-15(12)23-3/h9-11,14H,4-8H2,1-3H3,(H,18,19)(H,20,21). The molecule has 1 unspecified atom stereocenters. The zero-order valence-electron chi connectivity index (χ0n) is 13.9. The molecule has 128 valence electrons. The maximum absolute atomic E-state index is 11.9. The second-order valence-corrected chi connectivity index (χ2v) is 5.28. The van der Waals surface area contributed by atoms with Crippen LogP contribution in [0.1, 0.15) is 38.2 Å². The van der Waals surface area contributed by atoms with Crippen molar-refractivity contribution in [2.75, 3.05) is 14.2 Å². The average molecular weight is 323 g/mol. The number of carboxylic acids is 1. The Morgan fingerprint density at radius 3 is 2.57 bits per heavy atom. The Morgan fingerprint density at radius 2 is 2.00 bits per heavy atom. The number of aliphatic carboxylic acids is 1. The molecule has 1 amide bonds. The first kappa shape index (κ1) is 18.8. The van der Waals surface area contributed by atoms with Crippen molar-refractivity contribution < 1.29 is 24.2 Å². The van der Waals surface area contributed by atoms with Crippen LogP contribution in [0.5, 0.6) is 11.5 Å². The van der Waals surface area contributed by atoms with E-state index in [4.69, 9.17) is 14.6 Å². The largest absolute Gasteiger partial charge is 0.497 e. The van der Waals surface area contributed by atoms with E-state index in [2.05, 4.69) is 5.32 Å². The molecule has 0 aromatic heterocycles. The lowest BCUT2D eigenvalue weighted by atomic mass is 10.1. The van der Waals surface area contributed by atoms with Crippen molar-refractivity contribution in [2.24, 2.45) is 0 Å². The minimum absolute atomic E-state index is 0.238. The maximum atomic E-state index is 11.9. The highest BCUT2D eigenvalue weighted by Gasteiger charge is 2.18. The van der Waals surface area contributed by atoms with Gasteiger partial charge in [0.25, 0.3) is 0 Å². The predicted octanol–water partition coefficient (Wildman–Crippen LogP) is 2.40. The van der Waals surface area contributed by atoms with Gasteiger partial charge in [-0.2, -0.15) is 0 Å². The Hall–Kier alpha value is -2.24. The Balaban J connectivity index is 2.50. The van der Waals surface area contributed by atoms with Gasteiger partial charge in [0.2, 0.25) is 5.91 Å². The van der Waals surface area contributed by atoms with Gasteiger partial charge in [0.1, 0.15) is 17.5 Å². The molecule has 0 saturated heterocycles. The number of hydrogen-bond acceptors (Lipinski definition) is 4. The molecule has 6 nitrogen and oxygen atoms in total. The van der Waals surface area contributed by atoms with E-state index in [1.165, 1.54) is 0 Å². The smallest absolute Gasteiger partial charge is 0.326 e. The summed E-state index contributed by atoms with van der Waals surface area (Å²) in [5.74, 6) is 0.210. The molecule has 1 aromatic rings. The highest BCUT2D eigenvalue weighted by molar-refractivity contribution is 5.83. The van der Waals surface area contributed by atoms with Crippen LogP contribution in [0.15, 0.2) is 18.2 Å². The molecule has 0 aliphatic carbocycles. The molecule has 2 N–H and O–H groups in total. The van der Waals surface area contributed by atoms with E-state index in [0.29, 0.717) is 31.4 Å². The lowest BCUT2D eigenvalue weighted by Crippen LogP contribution is -2.40. The van der Waals surface area contributed by atoms with E-state index in [1.807, 2.05) is 19.1 Å². The molecule has 0 saturated carbocycles. The number of carboxylic acid groups (broad SMARTS) is 1. The van der Waals surface area contributed by atoms with Gasteiger partial charge in [-0.25, -0.2) is 4.79 Å². The number of aryl methyl sites for hydroxylation is 1. The lowest BCUT2D eigenvalue weighted by Gasteiger charge is -2.14. The minimum Gasteiger partial charge on any atom is -0.497 e. The summed E-state index contributed by atoms with van der Waals surface area (Å²) in [6.07, 6.45) is 2.72. The molecule has 0 bridgehead atoms. The van der Waals surface area contributed by atoms with Crippen LogP contribution in [0, 0.1) is 0 Å². The van der Waals surface area contributed by atoms with Crippen molar-refractivity contribution in [3.63, 3.8) is 0 Å². The molecule has 1 atom stereocenters. The summed E-state index contributed by atoms with van der Waals surface area (Å²) >= 11 is 0. The van der Waals surface area contributed by atoms with Crippen LogP contribution in [0.4, 0.5) is 0 Å². The van der Waals surface area contributed by atoms with Crippen molar-refractivity contribution in [2.45, 2.75) is 45.1 Å². The SMILES string of the molecule is CCCC(NC(=O)CCCc1ccc(OC)cc1OC)C(=O)O. The van der Waals surface area contributed by atoms with Gasteiger partial charge in [-0.1, -0.05) is 19.4 Å². The number of ether oxygens (including phenoxy) is 2. The van der Waals surface area contributed by atoms with Gasteiger partial charge in [-0.15, -0.1) is 0 Å². The van der Waals surface area contributed by atoms with Gasteiger partial charge in [-0.3, -0.25) is 4.79 Å². The Labute approximate surface area is 136 Å². The highest BCUT2D eigenvalue weighted by Crippen LogP contribution is 2.25. The zero-order valence-corrected chi connectivity index (χ0v) is 13.9. The van der Waals surface area contributed by atoms with E-state index in [-0.39, 0.29) is 12.3 Å². The Bertz CT molecular complexity index is 530. The van der Waals surface area contributed by atoms with Gasteiger partial charge in [0, 0.05) is 12.5 Å². The van der Waals surface area contributed by atoms with Gasteiger partial charge in [0.15, 0.2) is 0 Å². The normalized spacial score (nSPS) is 11.6. The number of rotatable bonds is 10. The first-order chi connectivity index (χ1) is 11.0. The third-order valence-electron chi connectivity index (χ3n) is 3.55. The molecular formula is C17H25NO5. The van der Waals surface area contributed by atoms with E-state index in [9.17, 15) is 9.59 Å². The number of methoxy groups -OCH3 is 2. The molecule has 1 aromatic carbocycles. The lowest BCUT2D eigenvalue weighted by molar-refractivity contribution is -0.142. The summed E-state index contributed by atoms with van der Waals surface area (Å²) in [4.78, 5) is 22.9. The van der Waals surface area contributed by atoms with Crippen LogP contribution in [0.25, 0.3) is 0 Å². The summed E-state index contributed by atoms with van der Waals surface area (Å²) < 4.78 is 10.5. The third kappa shape index (κ3) is 6.18. The van der Waals surface area contributed by atoms with Gasteiger partial charge in [-0.05, 0) is 30.9 Å². The average Bonchev–Trinajstić information content (AvgIpc) is 2.54. The second-order valence-electron chi connectivity index (χ2n) is 5.28. The highest BCUT2D eigenvalue weighted by atomic mass is 16.5. The quantitative estimate of drug-likeness (QED) is 0.690. The fourth-order valence-electron chi connectivity index (χ4n) is 2.31. The monoisotopic (exact) mass is 323 g/mol. The molecule has 6 heteroatoms. The molecule has 0 spiro atoms. The Morgan fingerprint density at radius 1 is 1.26 bits per heavy atom. The van der Waals surface area contributed by atoms with E-state index in [1.54, 1.807) is 20.3 Å². The summed E-state index contributed by atoms with van der Waals surface area (Å²) in [5, 5.41) is 11.6. The minimum atomic E-state index is -0.989. The van der Waals surface area contributed by atoms with Gasteiger partial charge >= 0.3 is 5.97 Å². The van der Waals surface area contributed by atoms with Crippen LogP contribution < -0.4 is 14.8 Å². The molecule has 0 aliphatic rings. The third-order valence-corrected chi connectivity index (χ3v) is 3.55. The van der Waals surface area contributed by atoms with E-state index < -0.39 is 12.0 Å². The zero-order chi connectivity index (χ0) is 17.2. The second kappa shape index (κ2) is 9.71. The number of nitrogens with one attached hydrogen (secondary N) is 1. The number of amides is 1. The summed E-state index contributed by atoms with van der Waals surface area (Å²) in [6, 6.07) is 4.76. The predicted molar refractivity (Wildman–Crippen MR) is 87.0 cm³/mol. The van der Waals surface area contributed by atoms with Crippen LogP contribution >= 0.6 is 0 Å². The number of carbonyl (C=O) groups excluding carboxylic acids is 1. The van der Waals surface area contributed by atoms with Crippen molar-refractivity contribution in [1.82, 2.24) is 5.32 Å². The maximum Gasteiger partial charge on any atom is 0.326 e. The van der Waals surface area contributed by atoms with Gasteiger partial charge < -0.3 is 19.9 Å². The summed E-state index contributed by atoms with van der Waals surface area (Å²) in [7, 11) is 3.18. The first-order valence-corrected chi connectivity index (χ1v) is 7.74. The first-order valence-electron chi connectivity index (χ1n) is 7.74. The molecule has 1 rings (SSSR count). The summed E-state index contributed by atoms with van der Waals surface area (Å²) in [6.45, 7) is 1.89. The van der Waals surface area contributed by atoms with Crippen molar-refractivity contribution >= 4 is 11.9 Å². The van der Waals surface area contributed by atoms with Crippen LogP contribution in [0.3, 0.4) is 0 Å². The van der Waals surface area contributed by atoms with E-state index >= 15 is 0 Å².